The van der Waals surface area contributed by atoms with E-state index in [-0.39, 0.29) is 11.9 Å². The summed E-state index contributed by atoms with van der Waals surface area (Å²) >= 11 is 1.67. The molecule has 0 bridgehead atoms. The molecule has 0 spiro atoms. The van der Waals surface area contributed by atoms with E-state index in [2.05, 4.69) is 21.7 Å². The van der Waals surface area contributed by atoms with E-state index in [1.807, 2.05) is 23.1 Å². The average molecular weight is 263 g/mol. The molecule has 2 aromatic rings. The van der Waals surface area contributed by atoms with E-state index in [1.165, 1.54) is 5.56 Å². The van der Waals surface area contributed by atoms with Gasteiger partial charge in [0.15, 0.2) is 0 Å². The fourth-order valence-corrected chi connectivity index (χ4v) is 2.50. The largest absolute Gasteiger partial charge is 0.352 e. The molecule has 0 saturated carbocycles. The molecule has 1 N–H and O–H groups in total. The monoisotopic (exact) mass is 263 g/mol. The van der Waals surface area contributed by atoms with Crippen LogP contribution in [0.3, 0.4) is 0 Å². The van der Waals surface area contributed by atoms with Gasteiger partial charge in [0.05, 0.1) is 6.33 Å². The molecule has 2 aromatic heterocycles. The summed E-state index contributed by atoms with van der Waals surface area (Å²) in [7, 11) is 0. The normalized spacial score (nSPS) is 12.3. The molecule has 0 radical (unpaired) electrons. The van der Waals surface area contributed by atoms with Crippen molar-refractivity contribution in [1.29, 1.82) is 0 Å². The van der Waals surface area contributed by atoms with Gasteiger partial charge in [-0.1, -0.05) is 0 Å². The number of imidazole rings is 1. The van der Waals surface area contributed by atoms with Gasteiger partial charge in [0.1, 0.15) is 0 Å². The molecule has 1 atom stereocenters. The summed E-state index contributed by atoms with van der Waals surface area (Å²) in [6.45, 7) is 2.76. The van der Waals surface area contributed by atoms with Crippen LogP contribution in [0.2, 0.25) is 0 Å². The number of hydrogen-bond donors (Lipinski definition) is 1. The Balaban J connectivity index is 1.70. The van der Waals surface area contributed by atoms with E-state index >= 15 is 0 Å². The number of nitrogens with one attached hydrogen (secondary N) is 1. The zero-order valence-corrected chi connectivity index (χ0v) is 11.2. The molecule has 4 nitrogen and oxygen atoms in total. The average Bonchev–Trinajstić information content (AvgIpc) is 2.98. The molecule has 1 amide bonds. The van der Waals surface area contributed by atoms with Gasteiger partial charge in [-0.2, -0.15) is 11.3 Å². The minimum Gasteiger partial charge on any atom is -0.352 e. The summed E-state index contributed by atoms with van der Waals surface area (Å²) in [4.78, 5) is 15.7. The maximum Gasteiger partial charge on any atom is 0.220 e. The zero-order valence-electron chi connectivity index (χ0n) is 10.4. The minimum atomic E-state index is 0.105. The van der Waals surface area contributed by atoms with Gasteiger partial charge in [-0.3, -0.25) is 4.79 Å². The van der Waals surface area contributed by atoms with Crippen molar-refractivity contribution in [2.75, 3.05) is 0 Å². The van der Waals surface area contributed by atoms with E-state index < -0.39 is 0 Å². The second-order valence-corrected chi connectivity index (χ2v) is 5.14. The highest BCUT2D eigenvalue weighted by atomic mass is 32.1. The number of carbonyl (C=O) groups excluding carboxylic acids is 1. The first-order chi connectivity index (χ1) is 8.74. The highest BCUT2D eigenvalue weighted by Crippen LogP contribution is 2.08. The number of rotatable bonds is 6. The Morgan fingerprint density at radius 1 is 1.61 bits per heavy atom. The van der Waals surface area contributed by atoms with Crippen LogP contribution >= 0.6 is 11.3 Å². The van der Waals surface area contributed by atoms with Crippen molar-refractivity contribution in [1.82, 2.24) is 14.9 Å². The van der Waals surface area contributed by atoms with Crippen LogP contribution in [-0.2, 0) is 17.8 Å². The lowest BCUT2D eigenvalue weighted by molar-refractivity contribution is -0.121. The number of aromatic nitrogens is 2. The third-order valence-corrected chi connectivity index (χ3v) is 3.40. The van der Waals surface area contributed by atoms with Gasteiger partial charge in [-0.25, -0.2) is 4.98 Å². The van der Waals surface area contributed by atoms with E-state index in [4.69, 9.17) is 0 Å². The van der Waals surface area contributed by atoms with Crippen molar-refractivity contribution in [3.8, 4) is 0 Å². The number of thiophene rings is 1. The van der Waals surface area contributed by atoms with Crippen LogP contribution in [0.4, 0.5) is 0 Å². The molecule has 0 aliphatic carbocycles. The summed E-state index contributed by atoms with van der Waals surface area (Å²) in [6, 6.07) is 2.18. The Labute approximate surface area is 111 Å². The standard InChI is InChI=1S/C13H17N3OS/c1-11(8-16-6-5-14-10-16)15-13(17)3-2-12-4-7-18-9-12/h4-7,9-11H,2-3,8H2,1H3,(H,15,17). The van der Waals surface area contributed by atoms with Gasteiger partial charge in [0, 0.05) is 31.4 Å². The van der Waals surface area contributed by atoms with Crippen molar-refractivity contribution in [3.05, 3.63) is 41.1 Å². The lowest BCUT2D eigenvalue weighted by Crippen LogP contribution is -2.35. The van der Waals surface area contributed by atoms with Crippen LogP contribution in [0.5, 0.6) is 0 Å². The van der Waals surface area contributed by atoms with Gasteiger partial charge in [0.25, 0.3) is 0 Å². The highest BCUT2D eigenvalue weighted by molar-refractivity contribution is 7.07. The van der Waals surface area contributed by atoms with E-state index in [0.29, 0.717) is 6.42 Å². The number of aryl methyl sites for hydroxylation is 1. The summed E-state index contributed by atoms with van der Waals surface area (Å²) in [5.41, 5.74) is 1.23. The molecule has 0 aliphatic heterocycles. The van der Waals surface area contributed by atoms with Crippen LogP contribution in [0.1, 0.15) is 18.9 Å². The molecule has 96 valence electrons. The summed E-state index contributed by atoms with van der Waals surface area (Å²) in [6.07, 6.45) is 6.76. The molecular weight excluding hydrogens is 246 g/mol. The molecule has 0 aliphatic rings. The van der Waals surface area contributed by atoms with Gasteiger partial charge >= 0.3 is 0 Å². The molecule has 1 unspecified atom stereocenters. The second-order valence-electron chi connectivity index (χ2n) is 4.36. The molecule has 2 rings (SSSR count). The van der Waals surface area contributed by atoms with Crippen LogP contribution in [0.25, 0.3) is 0 Å². The highest BCUT2D eigenvalue weighted by Gasteiger charge is 2.08. The van der Waals surface area contributed by atoms with Crippen LogP contribution < -0.4 is 5.32 Å². The topological polar surface area (TPSA) is 46.9 Å². The van der Waals surface area contributed by atoms with Crippen molar-refractivity contribution in [3.63, 3.8) is 0 Å². The lowest BCUT2D eigenvalue weighted by Gasteiger charge is -2.14. The summed E-state index contributed by atoms with van der Waals surface area (Å²) < 4.78 is 1.96. The predicted molar refractivity (Wildman–Crippen MR) is 72.5 cm³/mol. The first-order valence-electron chi connectivity index (χ1n) is 6.00. The molecular formula is C13H17N3OS. The molecule has 0 saturated heterocycles. The molecule has 0 aromatic carbocycles. The van der Waals surface area contributed by atoms with Crippen LogP contribution in [0, 0.1) is 0 Å². The predicted octanol–water partition coefficient (Wildman–Crippen LogP) is 2.08. The Morgan fingerprint density at radius 3 is 3.17 bits per heavy atom. The lowest BCUT2D eigenvalue weighted by atomic mass is 10.2. The van der Waals surface area contributed by atoms with Crippen LogP contribution in [-0.4, -0.2) is 21.5 Å². The van der Waals surface area contributed by atoms with Gasteiger partial charge in [0.2, 0.25) is 5.91 Å². The van der Waals surface area contributed by atoms with Crippen molar-refractivity contribution in [2.24, 2.45) is 0 Å². The molecule has 5 heteroatoms. The van der Waals surface area contributed by atoms with E-state index in [1.54, 1.807) is 23.9 Å². The third-order valence-electron chi connectivity index (χ3n) is 2.67. The van der Waals surface area contributed by atoms with Gasteiger partial charge in [-0.05, 0) is 35.7 Å². The van der Waals surface area contributed by atoms with Crippen molar-refractivity contribution in [2.45, 2.75) is 32.4 Å². The maximum absolute atomic E-state index is 11.7. The summed E-state index contributed by atoms with van der Waals surface area (Å²) in [5, 5.41) is 7.12. The fraction of sp³-hybridized carbons (Fsp3) is 0.385. The van der Waals surface area contributed by atoms with E-state index in [9.17, 15) is 4.79 Å². The second kappa shape index (κ2) is 6.35. The third kappa shape index (κ3) is 4.00. The minimum absolute atomic E-state index is 0.105. The summed E-state index contributed by atoms with van der Waals surface area (Å²) in [5.74, 6) is 0.105. The quantitative estimate of drug-likeness (QED) is 0.867. The van der Waals surface area contributed by atoms with Crippen molar-refractivity contribution >= 4 is 17.2 Å². The zero-order chi connectivity index (χ0) is 12.8. The Hall–Kier alpha value is -1.62. The molecule has 18 heavy (non-hydrogen) atoms. The van der Waals surface area contributed by atoms with Gasteiger partial charge in [-0.15, -0.1) is 0 Å². The fourth-order valence-electron chi connectivity index (χ4n) is 1.80. The number of nitrogens with zero attached hydrogens (tertiary/aromatic N) is 2. The first-order valence-corrected chi connectivity index (χ1v) is 6.94. The first kappa shape index (κ1) is 12.8. The number of hydrogen-bond acceptors (Lipinski definition) is 3. The molecule has 2 heterocycles. The number of amides is 1. The Bertz CT molecular complexity index is 464. The SMILES string of the molecule is CC(Cn1ccnc1)NC(=O)CCc1ccsc1. The number of carbonyl (C=O) groups is 1. The van der Waals surface area contributed by atoms with Crippen LogP contribution in [0.15, 0.2) is 35.5 Å². The molecule has 0 fully saturated rings. The Morgan fingerprint density at radius 2 is 2.50 bits per heavy atom. The van der Waals surface area contributed by atoms with Crippen molar-refractivity contribution < 1.29 is 4.79 Å². The van der Waals surface area contributed by atoms with E-state index in [0.717, 1.165) is 13.0 Å². The Kier molecular flexibility index (Phi) is 4.52. The maximum atomic E-state index is 11.7. The smallest absolute Gasteiger partial charge is 0.220 e. The van der Waals surface area contributed by atoms with Gasteiger partial charge < -0.3 is 9.88 Å².